The highest BCUT2D eigenvalue weighted by molar-refractivity contribution is 6.36. The zero-order valence-corrected chi connectivity index (χ0v) is 12.6. The Morgan fingerprint density at radius 3 is 2.60 bits per heavy atom. The average molecular weight is 316 g/mol. The maximum atomic E-state index is 11.4. The van der Waals surface area contributed by atoms with Crippen molar-refractivity contribution in [3.63, 3.8) is 0 Å². The second-order valence-electron chi connectivity index (χ2n) is 4.36. The van der Waals surface area contributed by atoms with Crippen molar-refractivity contribution in [1.29, 1.82) is 0 Å². The summed E-state index contributed by atoms with van der Waals surface area (Å²) < 4.78 is 0. The maximum absolute atomic E-state index is 11.4. The number of carbonyl (C=O) groups excluding carboxylic acids is 2. The molecule has 7 heteroatoms. The monoisotopic (exact) mass is 315 g/mol. The van der Waals surface area contributed by atoms with Gasteiger partial charge in [-0.25, -0.2) is 5.43 Å². The second-order valence-corrected chi connectivity index (χ2v) is 5.20. The van der Waals surface area contributed by atoms with E-state index in [0.717, 1.165) is 0 Å². The molecule has 0 radical (unpaired) electrons. The fourth-order valence-electron chi connectivity index (χ4n) is 1.34. The molecule has 108 valence electrons. The van der Waals surface area contributed by atoms with Gasteiger partial charge in [-0.1, -0.05) is 29.3 Å². The van der Waals surface area contributed by atoms with Crippen LogP contribution < -0.4 is 10.7 Å². The van der Waals surface area contributed by atoms with Crippen LogP contribution in [0.4, 0.5) is 0 Å². The molecular weight excluding hydrogens is 301 g/mol. The topological polar surface area (TPSA) is 70.6 Å². The van der Waals surface area contributed by atoms with Crippen LogP contribution in [0.5, 0.6) is 0 Å². The molecule has 2 N–H and O–H groups in total. The number of amides is 2. The van der Waals surface area contributed by atoms with Crippen LogP contribution in [0.3, 0.4) is 0 Å². The minimum absolute atomic E-state index is 0.00771. The van der Waals surface area contributed by atoms with Gasteiger partial charge in [0.2, 0.25) is 11.8 Å². The number of nitrogens with one attached hydrogen (secondary N) is 2. The van der Waals surface area contributed by atoms with E-state index in [-0.39, 0.29) is 18.4 Å². The summed E-state index contributed by atoms with van der Waals surface area (Å²) in [4.78, 5) is 22.8. The normalized spacial score (nSPS) is 10.8. The van der Waals surface area contributed by atoms with Crippen LogP contribution in [0.15, 0.2) is 23.3 Å². The van der Waals surface area contributed by atoms with Crippen molar-refractivity contribution in [2.45, 2.75) is 26.3 Å². The SMILES string of the molecule is CC(C)NC(=O)CC(=O)NN=Cc1ccc(Cl)cc1Cl. The quantitative estimate of drug-likeness (QED) is 0.497. The van der Waals surface area contributed by atoms with Gasteiger partial charge in [0.15, 0.2) is 0 Å². The highest BCUT2D eigenvalue weighted by atomic mass is 35.5. The molecule has 1 aromatic carbocycles. The minimum atomic E-state index is -0.496. The molecule has 20 heavy (non-hydrogen) atoms. The van der Waals surface area contributed by atoms with Gasteiger partial charge >= 0.3 is 0 Å². The van der Waals surface area contributed by atoms with Gasteiger partial charge in [0, 0.05) is 16.6 Å². The molecule has 5 nitrogen and oxygen atoms in total. The van der Waals surface area contributed by atoms with Gasteiger partial charge in [0.25, 0.3) is 0 Å². The minimum Gasteiger partial charge on any atom is -0.353 e. The lowest BCUT2D eigenvalue weighted by atomic mass is 10.2. The number of carbonyl (C=O) groups is 2. The predicted octanol–water partition coefficient (Wildman–Crippen LogP) is 2.36. The number of halogens is 2. The molecule has 0 bridgehead atoms. The molecule has 1 aromatic rings. The van der Waals surface area contributed by atoms with E-state index in [1.807, 2.05) is 13.8 Å². The maximum Gasteiger partial charge on any atom is 0.249 e. The van der Waals surface area contributed by atoms with Gasteiger partial charge in [-0.3, -0.25) is 9.59 Å². The van der Waals surface area contributed by atoms with E-state index < -0.39 is 5.91 Å². The molecule has 0 unspecified atom stereocenters. The average Bonchev–Trinajstić information content (AvgIpc) is 2.30. The Kier molecular flexibility index (Phi) is 6.48. The summed E-state index contributed by atoms with van der Waals surface area (Å²) in [5.41, 5.74) is 2.87. The molecule has 0 aliphatic rings. The summed E-state index contributed by atoms with van der Waals surface area (Å²) in [7, 11) is 0. The largest absolute Gasteiger partial charge is 0.353 e. The van der Waals surface area contributed by atoms with E-state index in [1.54, 1.807) is 18.2 Å². The Bertz CT molecular complexity index is 530. The van der Waals surface area contributed by atoms with Crippen molar-refractivity contribution < 1.29 is 9.59 Å². The van der Waals surface area contributed by atoms with Crippen LogP contribution >= 0.6 is 23.2 Å². The van der Waals surface area contributed by atoms with E-state index in [1.165, 1.54) is 6.21 Å². The van der Waals surface area contributed by atoms with E-state index in [9.17, 15) is 9.59 Å². The lowest BCUT2D eigenvalue weighted by Crippen LogP contribution is -2.34. The third-order valence-electron chi connectivity index (χ3n) is 2.13. The first-order chi connectivity index (χ1) is 9.38. The van der Waals surface area contributed by atoms with Gasteiger partial charge in [0.05, 0.1) is 11.2 Å². The van der Waals surface area contributed by atoms with Crippen LogP contribution in [-0.2, 0) is 9.59 Å². The van der Waals surface area contributed by atoms with Crippen molar-refractivity contribution in [1.82, 2.24) is 10.7 Å². The van der Waals surface area contributed by atoms with Gasteiger partial charge < -0.3 is 5.32 Å². The molecule has 0 saturated carbocycles. The first kappa shape index (κ1) is 16.5. The summed E-state index contributed by atoms with van der Waals surface area (Å²) in [6.45, 7) is 3.63. The molecule has 0 spiro atoms. The summed E-state index contributed by atoms with van der Waals surface area (Å²) in [5.74, 6) is -0.846. The molecule has 0 heterocycles. The third kappa shape index (κ3) is 6.04. The number of hydrogen-bond donors (Lipinski definition) is 2. The molecule has 0 aromatic heterocycles. The van der Waals surface area contributed by atoms with Gasteiger partial charge in [-0.05, 0) is 26.0 Å². The smallest absolute Gasteiger partial charge is 0.249 e. The third-order valence-corrected chi connectivity index (χ3v) is 2.69. The van der Waals surface area contributed by atoms with E-state index >= 15 is 0 Å². The number of hydrogen-bond acceptors (Lipinski definition) is 3. The molecule has 0 fully saturated rings. The molecule has 1 rings (SSSR count). The van der Waals surface area contributed by atoms with E-state index in [0.29, 0.717) is 15.6 Å². The number of hydrazone groups is 1. The van der Waals surface area contributed by atoms with Crippen LogP contribution in [0.2, 0.25) is 10.0 Å². The van der Waals surface area contributed by atoms with Gasteiger partial charge in [-0.2, -0.15) is 5.10 Å². The predicted molar refractivity (Wildman–Crippen MR) is 80.1 cm³/mol. The second kappa shape index (κ2) is 7.87. The van der Waals surface area contributed by atoms with Crippen molar-refractivity contribution >= 4 is 41.2 Å². The number of benzene rings is 1. The Labute approximate surface area is 127 Å². The summed E-state index contributed by atoms with van der Waals surface area (Å²) >= 11 is 11.7. The van der Waals surface area contributed by atoms with Crippen molar-refractivity contribution in [3.8, 4) is 0 Å². The lowest BCUT2D eigenvalue weighted by molar-refractivity contribution is -0.129. The van der Waals surface area contributed by atoms with Crippen molar-refractivity contribution in [2.75, 3.05) is 0 Å². The van der Waals surface area contributed by atoms with Crippen LogP contribution in [0, 0.1) is 0 Å². The fourth-order valence-corrected chi connectivity index (χ4v) is 1.80. The van der Waals surface area contributed by atoms with E-state index in [4.69, 9.17) is 23.2 Å². The Balaban J connectivity index is 2.48. The summed E-state index contributed by atoms with van der Waals surface area (Å²) in [6.07, 6.45) is 1.11. The first-order valence-electron chi connectivity index (χ1n) is 5.95. The Morgan fingerprint density at radius 1 is 1.30 bits per heavy atom. The van der Waals surface area contributed by atoms with Crippen LogP contribution in [-0.4, -0.2) is 24.1 Å². The Morgan fingerprint density at radius 2 is 2.00 bits per heavy atom. The summed E-state index contributed by atoms with van der Waals surface area (Å²) in [5, 5.41) is 7.28. The number of rotatable bonds is 5. The van der Waals surface area contributed by atoms with Crippen LogP contribution in [0.25, 0.3) is 0 Å². The molecule has 2 amide bonds. The molecule has 0 aliphatic heterocycles. The number of nitrogens with zero attached hydrogens (tertiary/aromatic N) is 1. The molecule has 0 atom stereocenters. The van der Waals surface area contributed by atoms with Crippen molar-refractivity contribution in [3.05, 3.63) is 33.8 Å². The fraction of sp³-hybridized carbons (Fsp3) is 0.308. The summed E-state index contributed by atoms with van der Waals surface area (Å²) in [6, 6.07) is 4.90. The zero-order chi connectivity index (χ0) is 15.1. The highest BCUT2D eigenvalue weighted by Crippen LogP contribution is 2.19. The highest BCUT2D eigenvalue weighted by Gasteiger charge is 2.09. The van der Waals surface area contributed by atoms with E-state index in [2.05, 4.69) is 15.8 Å². The van der Waals surface area contributed by atoms with Crippen molar-refractivity contribution in [2.24, 2.45) is 5.10 Å². The Hall–Kier alpha value is -1.59. The zero-order valence-electron chi connectivity index (χ0n) is 11.1. The van der Waals surface area contributed by atoms with Gasteiger partial charge in [0.1, 0.15) is 6.42 Å². The molecule has 0 saturated heterocycles. The van der Waals surface area contributed by atoms with Crippen LogP contribution in [0.1, 0.15) is 25.8 Å². The van der Waals surface area contributed by atoms with Gasteiger partial charge in [-0.15, -0.1) is 0 Å². The molecular formula is C13H15Cl2N3O2. The first-order valence-corrected chi connectivity index (χ1v) is 6.70. The molecule has 0 aliphatic carbocycles. The lowest BCUT2D eigenvalue weighted by Gasteiger charge is -2.06. The standard InChI is InChI=1S/C13H15Cl2N3O2/c1-8(2)17-12(19)6-13(20)18-16-7-9-3-4-10(14)5-11(9)15/h3-5,7-8H,6H2,1-2H3,(H,17,19)(H,18,20).